The molecule has 2 aliphatic rings. The van der Waals surface area contributed by atoms with Crippen LogP contribution in [0.4, 0.5) is 0 Å². The fourth-order valence-corrected chi connectivity index (χ4v) is 5.45. The summed E-state index contributed by atoms with van der Waals surface area (Å²) < 4.78 is 0. The second-order valence-corrected chi connectivity index (χ2v) is 10.3. The highest BCUT2D eigenvalue weighted by Gasteiger charge is 2.24. The Morgan fingerprint density at radius 1 is 0.971 bits per heavy atom. The second-order valence-electron chi connectivity index (χ2n) is 10.3. The number of carbonyl (C=O) groups is 1. The molecule has 0 saturated carbocycles. The number of fused-ring (bicyclic) bond motifs is 1. The minimum atomic E-state index is 0.143. The highest BCUT2D eigenvalue weighted by atomic mass is 16.2. The summed E-state index contributed by atoms with van der Waals surface area (Å²) in [5.41, 5.74) is 3.99. The van der Waals surface area contributed by atoms with E-state index < -0.39 is 0 Å². The average Bonchev–Trinajstić information content (AvgIpc) is 3.34. The topological polar surface area (TPSA) is 54.6 Å². The molecule has 0 spiro atoms. The average molecular weight is 474 g/mol. The van der Waals surface area contributed by atoms with E-state index in [1.54, 1.807) is 0 Å². The van der Waals surface area contributed by atoms with Crippen molar-refractivity contribution in [3.05, 3.63) is 60.2 Å². The van der Waals surface area contributed by atoms with E-state index in [2.05, 4.69) is 58.2 Å². The largest absolute Gasteiger partial charge is 0.355 e. The van der Waals surface area contributed by atoms with Crippen LogP contribution in [0.3, 0.4) is 0 Å². The molecule has 186 valence electrons. The van der Waals surface area contributed by atoms with E-state index in [1.165, 1.54) is 31.6 Å². The summed E-state index contributed by atoms with van der Waals surface area (Å²) in [5.74, 6) is 0.143. The first-order valence-corrected chi connectivity index (χ1v) is 13.2. The normalized spacial score (nSPS) is 18.5. The van der Waals surface area contributed by atoms with Crippen LogP contribution in [-0.2, 0) is 0 Å². The molecule has 6 nitrogen and oxygen atoms in total. The van der Waals surface area contributed by atoms with E-state index in [1.807, 2.05) is 35.2 Å². The Kier molecular flexibility index (Phi) is 7.51. The van der Waals surface area contributed by atoms with E-state index in [9.17, 15) is 4.79 Å². The molecule has 1 aromatic heterocycles. The Morgan fingerprint density at radius 3 is 2.49 bits per heavy atom. The van der Waals surface area contributed by atoms with Crippen molar-refractivity contribution < 1.29 is 4.79 Å². The van der Waals surface area contributed by atoms with Gasteiger partial charge in [0.1, 0.15) is 0 Å². The van der Waals surface area contributed by atoms with Crippen molar-refractivity contribution in [2.75, 3.05) is 52.4 Å². The Balaban J connectivity index is 1.09. The molecule has 2 saturated heterocycles. The van der Waals surface area contributed by atoms with Gasteiger partial charge in [0.15, 0.2) is 0 Å². The van der Waals surface area contributed by atoms with Crippen molar-refractivity contribution in [3.8, 4) is 11.3 Å². The molecule has 0 unspecified atom stereocenters. The fourth-order valence-electron chi connectivity index (χ4n) is 5.45. The first-order chi connectivity index (χ1) is 17.1. The van der Waals surface area contributed by atoms with Gasteiger partial charge >= 0.3 is 0 Å². The van der Waals surface area contributed by atoms with Crippen LogP contribution >= 0.6 is 0 Å². The van der Waals surface area contributed by atoms with E-state index in [-0.39, 0.29) is 5.91 Å². The number of nitrogens with one attached hydrogen (secondary N) is 2. The number of aromatic amines is 1. The lowest BCUT2D eigenvalue weighted by Gasteiger charge is -2.37. The van der Waals surface area contributed by atoms with Crippen molar-refractivity contribution >= 4 is 16.8 Å². The number of amides is 1. The van der Waals surface area contributed by atoms with Gasteiger partial charge in [-0.1, -0.05) is 30.3 Å². The number of H-pyrrole nitrogens is 1. The van der Waals surface area contributed by atoms with Gasteiger partial charge in [-0.25, -0.2) is 0 Å². The lowest BCUT2D eigenvalue weighted by Crippen LogP contribution is -2.51. The van der Waals surface area contributed by atoms with E-state index in [0.717, 1.165) is 61.4 Å². The van der Waals surface area contributed by atoms with Gasteiger partial charge in [0.2, 0.25) is 0 Å². The van der Waals surface area contributed by atoms with Crippen LogP contribution in [0.15, 0.2) is 54.6 Å². The maximum Gasteiger partial charge on any atom is 0.253 e. The van der Waals surface area contributed by atoms with E-state index in [0.29, 0.717) is 12.1 Å². The predicted molar refractivity (Wildman–Crippen MR) is 144 cm³/mol. The molecule has 2 aromatic carbocycles. The van der Waals surface area contributed by atoms with Gasteiger partial charge in [0, 0.05) is 86.6 Å². The first-order valence-electron chi connectivity index (χ1n) is 13.2. The van der Waals surface area contributed by atoms with Crippen molar-refractivity contribution in [1.29, 1.82) is 0 Å². The van der Waals surface area contributed by atoms with Gasteiger partial charge in [-0.3, -0.25) is 14.6 Å². The Morgan fingerprint density at radius 2 is 1.74 bits per heavy atom. The summed E-state index contributed by atoms with van der Waals surface area (Å²) in [5, 5.41) is 4.93. The zero-order valence-electron chi connectivity index (χ0n) is 21.2. The number of piperidine rings is 1. The number of hydrogen-bond acceptors (Lipinski definition) is 4. The van der Waals surface area contributed by atoms with Crippen LogP contribution in [0.5, 0.6) is 0 Å². The summed E-state index contributed by atoms with van der Waals surface area (Å²) in [6, 6.07) is 19.6. The maximum atomic E-state index is 13.2. The zero-order chi connectivity index (χ0) is 24.2. The minimum absolute atomic E-state index is 0.143. The number of nitrogens with zero attached hydrogens (tertiary/aromatic N) is 3. The first kappa shape index (κ1) is 24.0. The molecule has 2 aliphatic heterocycles. The maximum absolute atomic E-state index is 13.2. The summed E-state index contributed by atoms with van der Waals surface area (Å²) in [6.07, 6.45) is 2.04. The number of piperazine rings is 1. The monoisotopic (exact) mass is 473 g/mol. The molecule has 2 N–H and O–H groups in total. The number of hydrogen-bond donors (Lipinski definition) is 2. The number of aromatic nitrogens is 1. The van der Waals surface area contributed by atoms with E-state index >= 15 is 0 Å². The molecule has 3 heterocycles. The number of carbonyl (C=O) groups excluding carboxylic acids is 1. The van der Waals surface area contributed by atoms with Crippen molar-refractivity contribution in [1.82, 2.24) is 25.0 Å². The zero-order valence-corrected chi connectivity index (χ0v) is 21.2. The number of likely N-dealkylation sites (tertiary alicyclic amines) is 1. The smallest absolute Gasteiger partial charge is 0.253 e. The van der Waals surface area contributed by atoms with E-state index in [4.69, 9.17) is 0 Å². The van der Waals surface area contributed by atoms with Gasteiger partial charge in [-0.15, -0.1) is 0 Å². The molecule has 2 fully saturated rings. The molecule has 0 aliphatic carbocycles. The van der Waals surface area contributed by atoms with Gasteiger partial charge in [0.25, 0.3) is 5.91 Å². The summed E-state index contributed by atoms with van der Waals surface area (Å²) in [7, 11) is 0. The third-order valence-corrected chi connectivity index (χ3v) is 7.73. The molecule has 1 amide bonds. The van der Waals surface area contributed by atoms with Crippen molar-refractivity contribution in [2.24, 2.45) is 0 Å². The van der Waals surface area contributed by atoms with Crippen LogP contribution in [0.2, 0.25) is 0 Å². The van der Waals surface area contributed by atoms with Crippen LogP contribution < -0.4 is 5.32 Å². The van der Waals surface area contributed by atoms with Gasteiger partial charge in [-0.2, -0.15) is 0 Å². The number of rotatable bonds is 7. The number of benzene rings is 2. The van der Waals surface area contributed by atoms with Crippen LogP contribution in [0.25, 0.3) is 22.2 Å². The van der Waals surface area contributed by atoms with Crippen LogP contribution in [0.1, 0.15) is 37.0 Å². The summed E-state index contributed by atoms with van der Waals surface area (Å²) in [4.78, 5) is 23.9. The molecule has 0 atom stereocenters. The molecule has 5 rings (SSSR count). The third-order valence-electron chi connectivity index (χ3n) is 7.73. The molecule has 3 aromatic rings. The van der Waals surface area contributed by atoms with Crippen LogP contribution in [-0.4, -0.2) is 90.0 Å². The Hall–Kier alpha value is -2.67. The third kappa shape index (κ3) is 5.77. The molecule has 6 heteroatoms. The van der Waals surface area contributed by atoms with Crippen molar-refractivity contribution in [2.45, 2.75) is 38.8 Å². The summed E-state index contributed by atoms with van der Waals surface area (Å²) in [6.45, 7) is 13.1. The van der Waals surface area contributed by atoms with Gasteiger partial charge < -0.3 is 15.2 Å². The highest BCUT2D eigenvalue weighted by Crippen LogP contribution is 2.25. The molecular weight excluding hydrogens is 434 g/mol. The predicted octanol–water partition coefficient (Wildman–Crippen LogP) is 4.06. The van der Waals surface area contributed by atoms with Gasteiger partial charge in [-0.05, 0) is 56.5 Å². The summed E-state index contributed by atoms with van der Waals surface area (Å²) >= 11 is 0. The second kappa shape index (κ2) is 10.9. The fraction of sp³-hybridized carbons (Fsp3) is 0.483. The minimum Gasteiger partial charge on any atom is -0.355 e. The SMILES string of the molecule is CC(C)N1CCN(CCNC2CCN(C(=O)c3cccc(-c4cc5ccccc5[nH]4)c3)CC2)CC1. The van der Waals surface area contributed by atoms with Gasteiger partial charge in [0.05, 0.1) is 0 Å². The van der Waals surface area contributed by atoms with Crippen LogP contribution in [0, 0.1) is 0 Å². The lowest BCUT2D eigenvalue weighted by molar-refractivity contribution is 0.0702. The van der Waals surface area contributed by atoms with Crippen molar-refractivity contribution in [3.63, 3.8) is 0 Å². The highest BCUT2D eigenvalue weighted by molar-refractivity contribution is 5.96. The number of para-hydroxylation sites is 1. The molecular formula is C29H39N5O. The Labute approximate surface area is 209 Å². The Bertz CT molecular complexity index is 1090. The quantitative estimate of drug-likeness (QED) is 0.544. The lowest BCUT2D eigenvalue weighted by atomic mass is 10.0. The molecule has 35 heavy (non-hydrogen) atoms. The molecule has 0 bridgehead atoms. The molecule has 0 radical (unpaired) electrons. The standard InChI is InChI=1S/C29H39N5O/c1-22(2)33-18-16-32(17-19-33)15-12-30-26-10-13-34(14-11-26)29(35)25-8-5-7-23(20-25)28-21-24-6-3-4-9-27(24)31-28/h3-9,20-22,26,30-31H,10-19H2,1-2H3.